The first-order valence-corrected chi connectivity index (χ1v) is 5.78. The van der Waals surface area contributed by atoms with Crippen molar-refractivity contribution in [3.63, 3.8) is 0 Å². The zero-order chi connectivity index (χ0) is 12.4. The van der Waals surface area contributed by atoms with E-state index in [1.165, 1.54) is 11.1 Å². The summed E-state index contributed by atoms with van der Waals surface area (Å²) in [5.41, 5.74) is 5.10. The third-order valence-electron chi connectivity index (χ3n) is 3.03. The minimum atomic E-state index is -0.0811. The van der Waals surface area contributed by atoms with Crippen molar-refractivity contribution in [2.24, 2.45) is 0 Å². The van der Waals surface area contributed by atoms with E-state index in [1.807, 2.05) is 17.7 Å². The van der Waals surface area contributed by atoms with E-state index in [0.29, 0.717) is 5.69 Å². The minimum absolute atomic E-state index is 0.0811. The van der Waals surface area contributed by atoms with Crippen LogP contribution in [0.15, 0.2) is 18.2 Å². The number of rotatable bonds is 3. The molecule has 1 aromatic heterocycles. The van der Waals surface area contributed by atoms with Crippen LogP contribution in [0.5, 0.6) is 0 Å². The zero-order valence-electron chi connectivity index (χ0n) is 10.4. The largest absolute Gasteiger partial charge is 0.390 e. The standard InChI is InChI=1S/C13H17N3O/c1-4-16-13(12(8-17)14-15-16)11-6-5-9(2)10(3)7-11/h5-7,17H,4,8H2,1-3H3. The lowest BCUT2D eigenvalue weighted by molar-refractivity contribution is 0.277. The lowest BCUT2D eigenvalue weighted by Gasteiger charge is -2.08. The van der Waals surface area contributed by atoms with Crippen molar-refractivity contribution in [3.8, 4) is 11.3 Å². The van der Waals surface area contributed by atoms with Crippen molar-refractivity contribution in [1.29, 1.82) is 0 Å². The molecule has 1 heterocycles. The summed E-state index contributed by atoms with van der Waals surface area (Å²) in [4.78, 5) is 0. The molecule has 0 radical (unpaired) electrons. The third-order valence-corrected chi connectivity index (χ3v) is 3.03. The average Bonchev–Trinajstić information content (AvgIpc) is 2.75. The second-order valence-corrected chi connectivity index (χ2v) is 4.16. The Bertz CT molecular complexity index is 510. The van der Waals surface area contributed by atoms with Crippen LogP contribution in [0.25, 0.3) is 11.3 Å². The minimum Gasteiger partial charge on any atom is -0.390 e. The van der Waals surface area contributed by atoms with Gasteiger partial charge < -0.3 is 5.11 Å². The fraction of sp³-hybridized carbons (Fsp3) is 0.385. The molecule has 0 saturated carbocycles. The van der Waals surface area contributed by atoms with E-state index in [2.05, 4.69) is 36.3 Å². The molecule has 17 heavy (non-hydrogen) atoms. The maximum Gasteiger partial charge on any atom is 0.116 e. The lowest BCUT2D eigenvalue weighted by Crippen LogP contribution is -2.00. The van der Waals surface area contributed by atoms with Gasteiger partial charge in [0.2, 0.25) is 0 Å². The molecule has 4 heteroatoms. The topological polar surface area (TPSA) is 50.9 Å². The van der Waals surface area contributed by atoms with E-state index in [0.717, 1.165) is 17.8 Å². The Balaban J connectivity index is 2.58. The summed E-state index contributed by atoms with van der Waals surface area (Å²) in [6.07, 6.45) is 0. The molecular weight excluding hydrogens is 214 g/mol. The molecule has 1 N–H and O–H groups in total. The number of hydrogen-bond acceptors (Lipinski definition) is 3. The summed E-state index contributed by atoms with van der Waals surface area (Å²) >= 11 is 0. The van der Waals surface area contributed by atoms with Gasteiger partial charge in [0.15, 0.2) is 0 Å². The van der Waals surface area contributed by atoms with Crippen LogP contribution >= 0.6 is 0 Å². The Kier molecular flexibility index (Phi) is 3.24. The number of aryl methyl sites for hydroxylation is 3. The van der Waals surface area contributed by atoms with Crippen LogP contribution in [-0.2, 0) is 13.2 Å². The van der Waals surface area contributed by atoms with Crippen LogP contribution in [0, 0.1) is 13.8 Å². The SMILES string of the molecule is CCn1nnc(CO)c1-c1ccc(C)c(C)c1. The molecular formula is C13H17N3O. The normalized spacial score (nSPS) is 10.8. The van der Waals surface area contributed by atoms with Crippen molar-refractivity contribution in [1.82, 2.24) is 15.0 Å². The fourth-order valence-corrected chi connectivity index (χ4v) is 1.88. The number of nitrogens with zero attached hydrogens (tertiary/aromatic N) is 3. The van der Waals surface area contributed by atoms with Gasteiger partial charge in [-0.1, -0.05) is 17.3 Å². The summed E-state index contributed by atoms with van der Waals surface area (Å²) in [6, 6.07) is 6.24. The Morgan fingerprint density at radius 3 is 2.59 bits per heavy atom. The molecule has 0 saturated heterocycles. The molecule has 0 atom stereocenters. The number of benzene rings is 1. The van der Waals surface area contributed by atoms with Crippen molar-refractivity contribution in [3.05, 3.63) is 35.0 Å². The number of hydrogen-bond donors (Lipinski definition) is 1. The second-order valence-electron chi connectivity index (χ2n) is 4.16. The van der Waals surface area contributed by atoms with E-state index in [-0.39, 0.29) is 6.61 Å². The molecule has 2 aromatic rings. The molecule has 0 bridgehead atoms. The number of aliphatic hydroxyl groups is 1. The summed E-state index contributed by atoms with van der Waals surface area (Å²) in [5.74, 6) is 0. The Morgan fingerprint density at radius 2 is 2.00 bits per heavy atom. The van der Waals surface area contributed by atoms with Crippen LogP contribution in [0.3, 0.4) is 0 Å². The monoisotopic (exact) mass is 231 g/mol. The lowest BCUT2D eigenvalue weighted by atomic mass is 10.0. The molecule has 0 fully saturated rings. The predicted octanol–water partition coefficient (Wildman–Crippen LogP) is 2.07. The van der Waals surface area contributed by atoms with E-state index in [1.54, 1.807) is 0 Å². The third kappa shape index (κ3) is 2.08. The van der Waals surface area contributed by atoms with Gasteiger partial charge in [0.1, 0.15) is 5.69 Å². The maximum atomic E-state index is 9.30. The molecule has 0 unspecified atom stereocenters. The molecule has 0 aliphatic heterocycles. The summed E-state index contributed by atoms with van der Waals surface area (Å²) in [5, 5.41) is 17.3. The summed E-state index contributed by atoms with van der Waals surface area (Å²) in [7, 11) is 0. The van der Waals surface area contributed by atoms with E-state index in [9.17, 15) is 5.11 Å². The van der Waals surface area contributed by atoms with Gasteiger partial charge in [0.25, 0.3) is 0 Å². The Hall–Kier alpha value is -1.68. The van der Waals surface area contributed by atoms with Crippen molar-refractivity contribution in [2.75, 3.05) is 0 Å². The van der Waals surface area contributed by atoms with Gasteiger partial charge in [-0.05, 0) is 38.0 Å². The first-order valence-electron chi connectivity index (χ1n) is 5.78. The second kappa shape index (κ2) is 4.67. The molecule has 0 spiro atoms. The molecule has 1 aromatic carbocycles. The molecule has 4 nitrogen and oxygen atoms in total. The molecule has 2 rings (SSSR count). The van der Waals surface area contributed by atoms with Crippen LogP contribution in [0.1, 0.15) is 23.7 Å². The van der Waals surface area contributed by atoms with Gasteiger partial charge in [-0.3, -0.25) is 0 Å². The fourth-order valence-electron chi connectivity index (χ4n) is 1.88. The first-order chi connectivity index (χ1) is 8.17. The molecule has 0 aliphatic carbocycles. The average molecular weight is 231 g/mol. The van der Waals surface area contributed by atoms with E-state index >= 15 is 0 Å². The predicted molar refractivity (Wildman–Crippen MR) is 66.5 cm³/mol. The van der Waals surface area contributed by atoms with Gasteiger partial charge >= 0.3 is 0 Å². The molecule has 0 amide bonds. The first kappa shape index (κ1) is 11.8. The highest BCUT2D eigenvalue weighted by Crippen LogP contribution is 2.24. The highest BCUT2D eigenvalue weighted by Gasteiger charge is 2.13. The summed E-state index contributed by atoms with van der Waals surface area (Å²) in [6.45, 7) is 6.84. The number of aliphatic hydroxyl groups excluding tert-OH is 1. The summed E-state index contributed by atoms with van der Waals surface area (Å²) < 4.78 is 1.82. The quantitative estimate of drug-likeness (QED) is 0.879. The van der Waals surface area contributed by atoms with Crippen molar-refractivity contribution in [2.45, 2.75) is 33.9 Å². The smallest absolute Gasteiger partial charge is 0.116 e. The number of aromatic nitrogens is 3. The van der Waals surface area contributed by atoms with Gasteiger partial charge in [0.05, 0.1) is 12.3 Å². The van der Waals surface area contributed by atoms with Crippen molar-refractivity contribution >= 4 is 0 Å². The zero-order valence-corrected chi connectivity index (χ0v) is 10.4. The van der Waals surface area contributed by atoms with Crippen LogP contribution in [0.2, 0.25) is 0 Å². The highest BCUT2D eigenvalue weighted by atomic mass is 16.3. The maximum absolute atomic E-state index is 9.30. The molecule has 0 aliphatic rings. The van der Waals surface area contributed by atoms with Crippen LogP contribution < -0.4 is 0 Å². The van der Waals surface area contributed by atoms with E-state index in [4.69, 9.17) is 0 Å². The van der Waals surface area contributed by atoms with Gasteiger partial charge in [-0.15, -0.1) is 5.10 Å². The van der Waals surface area contributed by atoms with Crippen LogP contribution in [-0.4, -0.2) is 20.1 Å². The highest BCUT2D eigenvalue weighted by molar-refractivity contribution is 5.63. The Morgan fingerprint density at radius 1 is 1.24 bits per heavy atom. The van der Waals surface area contributed by atoms with Gasteiger partial charge in [-0.2, -0.15) is 0 Å². The van der Waals surface area contributed by atoms with Gasteiger partial charge in [0, 0.05) is 12.1 Å². The molecule has 90 valence electrons. The van der Waals surface area contributed by atoms with Crippen LogP contribution in [0.4, 0.5) is 0 Å². The van der Waals surface area contributed by atoms with Gasteiger partial charge in [-0.25, -0.2) is 4.68 Å². The van der Waals surface area contributed by atoms with Crippen molar-refractivity contribution < 1.29 is 5.11 Å². The van der Waals surface area contributed by atoms with E-state index < -0.39 is 0 Å². The Labute approximate surface area is 101 Å².